The van der Waals surface area contributed by atoms with Gasteiger partial charge in [0, 0.05) is 50.5 Å². The van der Waals surface area contributed by atoms with Crippen molar-refractivity contribution in [2.75, 3.05) is 57.8 Å². The van der Waals surface area contributed by atoms with Gasteiger partial charge in [0.05, 0.1) is 19.8 Å². The first-order valence-corrected chi connectivity index (χ1v) is 11.5. The number of hydrogen-bond donors (Lipinski definition) is 3. The highest BCUT2D eigenvalue weighted by Gasteiger charge is 2.28. The van der Waals surface area contributed by atoms with Crippen LogP contribution in [-0.2, 0) is 11.3 Å². The highest BCUT2D eigenvalue weighted by Crippen LogP contribution is 2.16. The van der Waals surface area contributed by atoms with Gasteiger partial charge >= 0.3 is 6.03 Å². The van der Waals surface area contributed by atoms with E-state index in [4.69, 9.17) is 9.73 Å². The third-order valence-corrected chi connectivity index (χ3v) is 5.89. The van der Waals surface area contributed by atoms with Gasteiger partial charge in [-0.05, 0) is 51.3 Å². The van der Waals surface area contributed by atoms with E-state index in [-0.39, 0.29) is 11.6 Å². The zero-order chi connectivity index (χ0) is 22.1. The summed E-state index contributed by atoms with van der Waals surface area (Å²) in [5.74, 6) is 0.801. The molecule has 1 aromatic rings. The number of urea groups is 1. The Labute approximate surface area is 186 Å². The molecular weight excluding hydrogens is 392 g/mol. The number of amides is 2. The number of ether oxygens (including phenoxy) is 1. The van der Waals surface area contributed by atoms with Crippen LogP contribution in [0.25, 0.3) is 0 Å². The number of likely N-dealkylation sites (tertiary alicyclic amines) is 1. The molecule has 2 amide bonds. The average molecular weight is 431 g/mol. The summed E-state index contributed by atoms with van der Waals surface area (Å²) in [4.78, 5) is 21.4. The van der Waals surface area contributed by atoms with Crippen LogP contribution in [0.3, 0.4) is 0 Å². The molecule has 8 nitrogen and oxygen atoms in total. The van der Waals surface area contributed by atoms with E-state index < -0.39 is 0 Å². The second kappa shape index (κ2) is 11.3. The van der Waals surface area contributed by atoms with Crippen molar-refractivity contribution < 1.29 is 9.53 Å². The molecule has 2 saturated heterocycles. The Morgan fingerprint density at radius 3 is 2.58 bits per heavy atom. The molecule has 0 atom stereocenters. The Bertz CT molecular complexity index is 739. The smallest absolute Gasteiger partial charge is 0.321 e. The van der Waals surface area contributed by atoms with Crippen LogP contribution in [0.4, 0.5) is 10.5 Å². The van der Waals surface area contributed by atoms with E-state index in [1.807, 2.05) is 29.2 Å². The first-order valence-electron chi connectivity index (χ1n) is 11.5. The molecule has 2 fully saturated rings. The van der Waals surface area contributed by atoms with Gasteiger partial charge in [-0.15, -0.1) is 0 Å². The molecule has 8 heteroatoms. The Morgan fingerprint density at radius 1 is 1.13 bits per heavy atom. The van der Waals surface area contributed by atoms with Crippen molar-refractivity contribution in [3.63, 3.8) is 0 Å². The standard InChI is InChI=1S/C23H38N6O2/c1-4-24-21(26-18-23(2,3)29-12-14-31-15-13-29)25-17-19-8-7-9-20(16-19)27-22(30)28-10-5-6-11-28/h7-9,16H,4-6,10-15,17-18H2,1-3H3,(H,27,30)(H2,24,25,26). The van der Waals surface area contributed by atoms with Crippen LogP contribution >= 0.6 is 0 Å². The molecular formula is C23H38N6O2. The van der Waals surface area contributed by atoms with E-state index in [1.54, 1.807) is 0 Å². The van der Waals surface area contributed by atoms with Gasteiger partial charge in [0.15, 0.2) is 5.96 Å². The molecule has 2 aliphatic rings. The van der Waals surface area contributed by atoms with Crippen LogP contribution in [0.2, 0.25) is 0 Å². The third-order valence-electron chi connectivity index (χ3n) is 5.89. The highest BCUT2D eigenvalue weighted by atomic mass is 16.5. The highest BCUT2D eigenvalue weighted by molar-refractivity contribution is 5.89. The number of hydrogen-bond acceptors (Lipinski definition) is 4. The molecule has 31 heavy (non-hydrogen) atoms. The minimum Gasteiger partial charge on any atom is -0.379 e. The Hall–Kier alpha value is -2.32. The van der Waals surface area contributed by atoms with Crippen LogP contribution in [-0.4, -0.2) is 79.8 Å². The fraction of sp³-hybridized carbons (Fsp3) is 0.652. The number of rotatable bonds is 7. The minimum atomic E-state index is -0.0153. The molecule has 2 aliphatic heterocycles. The second-order valence-corrected chi connectivity index (χ2v) is 8.79. The number of benzene rings is 1. The van der Waals surface area contributed by atoms with Gasteiger partial charge in [-0.25, -0.2) is 9.79 Å². The zero-order valence-electron chi connectivity index (χ0n) is 19.2. The lowest BCUT2D eigenvalue weighted by Gasteiger charge is -2.41. The molecule has 1 aromatic carbocycles. The number of aliphatic imine (C=N–C) groups is 1. The molecule has 0 radical (unpaired) electrons. The van der Waals surface area contributed by atoms with Crippen LogP contribution in [0.1, 0.15) is 39.2 Å². The number of guanidine groups is 1. The van der Waals surface area contributed by atoms with Crippen molar-refractivity contribution in [1.82, 2.24) is 20.4 Å². The van der Waals surface area contributed by atoms with Crippen molar-refractivity contribution in [1.29, 1.82) is 0 Å². The largest absolute Gasteiger partial charge is 0.379 e. The van der Waals surface area contributed by atoms with Gasteiger partial charge < -0.3 is 25.6 Å². The molecule has 0 spiro atoms. The summed E-state index contributed by atoms with van der Waals surface area (Å²) in [6.45, 7) is 13.9. The van der Waals surface area contributed by atoms with E-state index in [1.165, 1.54) is 0 Å². The quantitative estimate of drug-likeness (QED) is 0.457. The molecule has 3 rings (SSSR count). The third kappa shape index (κ3) is 7.11. The summed E-state index contributed by atoms with van der Waals surface area (Å²) in [5.41, 5.74) is 1.89. The van der Waals surface area contributed by atoms with E-state index in [0.717, 1.165) is 82.5 Å². The number of nitrogens with zero attached hydrogens (tertiary/aromatic N) is 3. The summed E-state index contributed by atoms with van der Waals surface area (Å²) in [7, 11) is 0. The SMILES string of the molecule is CCNC(=NCc1cccc(NC(=O)N2CCCC2)c1)NCC(C)(C)N1CCOCC1. The van der Waals surface area contributed by atoms with E-state index >= 15 is 0 Å². The predicted octanol–water partition coefficient (Wildman–Crippen LogP) is 2.48. The van der Waals surface area contributed by atoms with Gasteiger partial charge in [0.1, 0.15) is 0 Å². The molecule has 0 unspecified atom stereocenters. The molecule has 172 valence electrons. The first kappa shape index (κ1) is 23.3. The molecule has 0 saturated carbocycles. The summed E-state index contributed by atoms with van der Waals surface area (Å²) in [6.07, 6.45) is 2.18. The first-order chi connectivity index (χ1) is 15.0. The molecule has 0 bridgehead atoms. The number of nitrogens with one attached hydrogen (secondary N) is 3. The lowest BCUT2D eigenvalue weighted by Crippen LogP contribution is -2.56. The molecule has 0 aliphatic carbocycles. The van der Waals surface area contributed by atoms with Crippen molar-refractivity contribution in [2.45, 2.75) is 45.7 Å². The van der Waals surface area contributed by atoms with Crippen LogP contribution < -0.4 is 16.0 Å². The molecule has 2 heterocycles. The van der Waals surface area contributed by atoms with Crippen LogP contribution in [0.5, 0.6) is 0 Å². The molecule has 3 N–H and O–H groups in total. The lowest BCUT2D eigenvalue weighted by molar-refractivity contribution is -0.00834. The number of morpholine rings is 1. The van der Waals surface area contributed by atoms with Crippen molar-refractivity contribution in [2.24, 2.45) is 4.99 Å². The van der Waals surface area contributed by atoms with Crippen molar-refractivity contribution in [3.05, 3.63) is 29.8 Å². The van der Waals surface area contributed by atoms with Crippen LogP contribution in [0.15, 0.2) is 29.3 Å². The summed E-state index contributed by atoms with van der Waals surface area (Å²) >= 11 is 0. The van der Waals surface area contributed by atoms with Gasteiger partial charge in [-0.3, -0.25) is 4.90 Å². The summed E-state index contributed by atoms with van der Waals surface area (Å²) in [6, 6.07) is 7.91. The van der Waals surface area contributed by atoms with E-state index in [0.29, 0.717) is 6.54 Å². The lowest BCUT2D eigenvalue weighted by atomic mass is 10.0. The number of carbonyl (C=O) groups excluding carboxylic acids is 1. The van der Waals surface area contributed by atoms with Gasteiger partial charge in [-0.1, -0.05) is 12.1 Å². The fourth-order valence-electron chi connectivity index (χ4n) is 3.96. The number of anilines is 1. The Morgan fingerprint density at radius 2 is 1.87 bits per heavy atom. The summed E-state index contributed by atoms with van der Waals surface area (Å²) < 4.78 is 5.48. The van der Waals surface area contributed by atoms with Gasteiger partial charge in [-0.2, -0.15) is 0 Å². The van der Waals surface area contributed by atoms with Crippen LogP contribution in [0, 0.1) is 0 Å². The minimum absolute atomic E-state index is 0.0136. The van der Waals surface area contributed by atoms with Gasteiger partial charge in [0.2, 0.25) is 0 Å². The van der Waals surface area contributed by atoms with Gasteiger partial charge in [0.25, 0.3) is 0 Å². The zero-order valence-corrected chi connectivity index (χ0v) is 19.2. The number of carbonyl (C=O) groups is 1. The maximum absolute atomic E-state index is 12.3. The monoisotopic (exact) mass is 430 g/mol. The average Bonchev–Trinajstić information content (AvgIpc) is 3.32. The van der Waals surface area contributed by atoms with Crippen molar-refractivity contribution in [3.8, 4) is 0 Å². The molecule has 0 aromatic heterocycles. The topological polar surface area (TPSA) is 81.2 Å². The van der Waals surface area contributed by atoms with E-state index in [2.05, 4.69) is 41.6 Å². The van der Waals surface area contributed by atoms with E-state index in [9.17, 15) is 4.79 Å². The predicted molar refractivity (Wildman–Crippen MR) is 126 cm³/mol. The maximum Gasteiger partial charge on any atom is 0.321 e. The Balaban J connectivity index is 1.56. The fourth-order valence-corrected chi connectivity index (χ4v) is 3.96. The Kier molecular flexibility index (Phi) is 8.54. The summed E-state index contributed by atoms with van der Waals surface area (Å²) in [5, 5.41) is 9.83. The van der Waals surface area contributed by atoms with Crippen molar-refractivity contribution >= 4 is 17.7 Å². The maximum atomic E-state index is 12.3. The second-order valence-electron chi connectivity index (χ2n) is 8.79. The normalized spacial score (nSPS) is 18.2.